The van der Waals surface area contributed by atoms with E-state index >= 15 is 0 Å². The Kier molecular flexibility index (Phi) is 6.28. The van der Waals surface area contributed by atoms with Gasteiger partial charge in [-0.25, -0.2) is 17.6 Å². The summed E-state index contributed by atoms with van der Waals surface area (Å²) < 4.78 is 57.7. The second kappa shape index (κ2) is 8.25. The maximum absolute atomic E-state index is 14.7. The fourth-order valence-electron chi connectivity index (χ4n) is 2.50. The summed E-state index contributed by atoms with van der Waals surface area (Å²) in [5.74, 6) is -8.26. The molecule has 0 aliphatic carbocycles. The molecule has 0 radical (unpaired) electrons. The first kappa shape index (κ1) is 19.8. The van der Waals surface area contributed by atoms with Gasteiger partial charge >= 0.3 is 0 Å². The summed E-state index contributed by atoms with van der Waals surface area (Å²) >= 11 is 0. The van der Waals surface area contributed by atoms with E-state index in [1.165, 1.54) is 6.21 Å². The minimum absolute atomic E-state index is 0.157. The van der Waals surface area contributed by atoms with Crippen LogP contribution >= 0.6 is 0 Å². The number of aromatic hydroxyl groups is 2. The molecule has 3 N–H and O–H groups in total. The number of nitrogens with one attached hydrogen (secondary N) is 1. The Balaban J connectivity index is 2.77. The summed E-state index contributed by atoms with van der Waals surface area (Å²) in [5, 5.41) is 20.6. The molecule has 4 nitrogen and oxygen atoms in total. The molecule has 0 spiro atoms. The summed E-state index contributed by atoms with van der Waals surface area (Å²) in [5.41, 5.74) is -1.59. The van der Waals surface area contributed by atoms with Crippen LogP contribution in [0.1, 0.15) is 39.5 Å². The number of hydrogen-bond acceptors (Lipinski definition) is 4. The number of phenols is 2. The van der Waals surface area contributed by atoms with Gasteiger partial charge in [-0.15, -0.1) is 0 Å². The van der Waals surface area contributed by atoms with Crippen molar-refractivity contribution < 1.29 is 27.8 Å². The van der Waals surface area contributed by atoms with Crippen LogP contribution in [0.4, 0.5) is 28.9 Å². The van der Waals surface area contributed by atoms with Crippen molar-refractivity contribution in [1.82, 2.24) is 0 Å². The highest BCUT2D eigenvalue weighted by molar-refractivity contribution is 6.00. The Labute approximate surface area is 148 Å². The number of anilines is 1. The molecule has 26 heavy (non-hydrogen) atoms. The predicted molar refractivity (Wildman–Crippen MR) is 93.6 cm³/mol. The molecule has 0 aromatic heterocycles. The topological polar surface area (TPSA) is 64.9 Å². The predicted octanol–water partition coefficient (Wildman–Crippen LogP) is 5.52. The van der Waals surface area contributed by atoms with Crippen LogP contribution in [0.3, 0.4) is 0 Å². The molecule has 0 saturated carbocycles. The zero-order valence-electron chi connectivity index (χ0n) is 14.5. The fraction of sp³-hybridized carbons (Fsp3) is 0.389. The fourth-order valence-corrected chi connectivity index (χ4v) is 2.50. The van der Waals surface area contributed by atoms with E-state index in [-0.39, 0.29) is 6.54 Å². The lowest BCUT2D eigenvalue weighted by molar-refractivity contribution is 0.426. The Bertz CT molecular complexity index is 854. The van der Waals surface area contributed by atoms with E-state index in [4.69, 9.17) is 0 Å². The lowest BCUT2D eigenvalue weighted by Gasteiger charge is -2.15. The van der Waals surface area contributed by atoms with Crippen LogP contribution in [-0.2, 0) is 0 Å². The number of hydrogen-bond donors (Lipinski definition) is 3. The number of rotatable bonds is 7. The summed E-state index contributed by atoms with van der Waals surface area (Å²) in [6.45, 7) is 3.84. The van der Waals surface area contributed by atoms with Gasteiger partial charge in [0, 0.05) is 12.8 Å². The number of aliphatic imine (C=N–C) groups is 1. The Morgan fingerprint density at radius 2 is 1.54 bits per heavy atom. The van der Waals surface area contributed by atoms with Crippen molar-refractivity contribution >= 4 is 28.4 Å². The van der Waals surface area contributed by atoms with Crippen LogP contribution in [0.15, 0.2) is 4.99 Å². The zero-order valence-corrected chi connectivity index (χ0v) is 14.5. The Morgan fingerprint density at radius 3 is 2.15 bits per heavy atom. The van der Waals surface area contributed by atoms with Crippen molar-refractivity contribution in [2.75, 3.05) is 11.9 Å². The molecule has 2 rings (SSSR count). The number of unbranched alkanes of at least 4 members (excludes halogenated alkanes) is 2. The second-order valence-electron chi connectivity index (χ2n) is 5.81. The molecular weight excluding hydrogens is 352 g/mol. The summed E-state index contributed by atoms with van der Waals surface area (Å²) in [7, 11) is 0. The van der Waals surface area contributed by atoms with E-state index in [1.54, 1.807) is 0 Å². The number of benzene rings is 2. The summed E-state index contributed by atoms with van der Waals surface area (Å²) in [4.78, 5) is 3.65. The zero-order chi connectivity index (χ0) is 19.4. The van der Waals surface area contributed by atoms with Gasteiger partial charge in [0.2, 0.25) is 0 Å². The van der Waals surface area contributed by atoms with Crippen LogP contribution in [0.5, 0.6) is 11.5 Å². The lowest BCUT2D eigenvalue weighted by Crippen LogP contribution is -2.08. The van der Waals surface area contributed by atoms with Crippen molar-refractivity contribution in [3.8, 4) is 11.5 Å². The minimum Gasteiger partial charge on any atom is -0.505 e. The van der Waals surface area contributed by atoms with Gasteiger partial charge in [0.15, 0.2) is 34.8 Å². The van der Waals surface area contributed by atoms with Crippen molar-refractivity contribution in [3.63, 3.8) is 0 Å². The van der Waals surface area contributed by atoms with Gasteiger partial charge in [-0.1, -0.05) is 26.7 Å². The van der Waals surface area contributed by atoms with Gasteiger partial charge in [0.1, 0.15) is 11.4 Å². The molecule has 142 valence electrons. The molecule has 2 aromatic rings. The van der Waals surface area contributed by atoms with E-state index in [1.807, 2.05) is 13.8 Å². The maximum Gasteiger partial charge on any atom is 0.194 e. The monoisotopic (exact) mass is 372 g/mol. The largest absolute Gasteiger partial charge is 0.505 e. The molecule has 0 heterocycles. The Morgan fingerprint density at radius 1 is 0.885 bits per heavy atom. The summed E-state index contributed by atoms with van der Waals surface area (Å²) in [6.07, 6.45) is 3.66. The average molecular weight is 372 g/mol. The van der Waals surface area contributed by atoms with Crippen LogP contribution in [-0.4, -0.2) is 23.0 Å². The van der Waals surface area contributed by atoms with Gasteiger partial charge in [0.25, 0.3) is 0 Å². The molecule has 0 atom stereocenters. The van der Waals surface area contributed by atoms with Crippen molar-refractivity contribution in [3.05, 3.63) is 23.3 Å². The van der Waals surface area contributed by atoms with E-state index in [0.717, 1.165) is 6.42 Å². The van der Waals surface area contributed by atoms with Gasteiger partial charge in [-0.2, -0.15) is 0 Å². The number of nitrogens with zero attached hydrogens (tertiary/aromatic N) is 1. The number of halogens is 4. The summed E-state index contributed by atoms with van der Waals surface area (Å²) in [6, 6.07) is 0. The van der Waals surface area contributed by atoms with E-state index in [2.05, 4.69) is 10.3 Å². The maximum atomic E-state index is 14.7. The molecule has 0 saturated heterocycles. The first-order chi connectivity index (χ1) is 12.4. The normalized spacial score (nSPS) is 11.6. The molecule has 0 unspecified atom stereocenters. The highest BCUT2D eigenvalue weighted by Crippen LogP contribution is 2.47. The molecule has 2 aromatic carbocycles. The van der Waals surface area contributed by atoms with Gasteiger partial charge < -0.3 is 15.5 Å². The van der Waals surface area contributed by atoms with Crippen LogP contribution in [0, 0.1) is 23.3 Å². The third-order valence-corrected chi connectivity index (χ3v) is 3.90. The average Bonchev–Trinajstić information content (AvgIpc) is 2.62. The van der Waals surface area contributed by atoms with Crippen LogP contribution < -0.4 is 5.32 Å². The van der Waals surface area contributed by atoms with Crippen molar-refractivity contribution in [2.24, 2.45) is 4.99 Å². The highest BCUT2D eigenvalue weighted by atomic mass is 19.2. The highest BCUT2D eigenvalue weighted by Gasteiger charge is 2.29. The van der Waals surface area contributed by atoms with Crippen molar-refractivity contribution in [2.45, 2.75) is 39.5 Å². The molecular formula is C18H20F4N2O2. The van der Waals surface area contributed by atoms with Gasteiger partial charge in [-0.3, -0.25) is 4.99 Å². The van der Waals surface area contributed by atoms with E-state index in [0.29, 0.717) is 19.3 Å². The van der Waals surface area contributed by atoms with Gasteiger partial charge in [0.05, 0.1) is 10.8 Å². The minimum atomic E-state index is -1.60. The van der Waals surface area contributed by atoms with E-state index < -0.39 is 56.9 Å². The third kappa shape index (κ3) is 3.40. The van der Waals surface area contributed by atoms with E-state index in [9.17, 15) is 27.8 Å². The van der Waals surface area contributed by atoms with Crippen LogP contribution in [0.2, 0.25) is 0 Å². The molecule has 0 aliphatic heterocycles. The molecule has 0 aliphatic rings. The smallest absolute Gasteiger partial charge is 0.194 e. The van der Waals surface area contributed by atoms with Gasteiger partial charge in [-0.05, 0) is 12.8 Å². The molecule has 0 amide bonds. The van der Waals surface area contributed by atoms with Crippen molar-refractivity contribution in [1.29, 1.82) is 0 Å². The first-order valence-electron chi connectivity index (χ1n) is 8.36. The lowest BCUT2D eigenvalue weighted by atomic mass is 10.0. The standard InChI is InChI=1S/C18H20F4N2O2/c1-3-5-7-23-15-12(20)10-9(11(19)13(15)21)18(26)16(14(22)17(10)25)24-8-6-4-2/h8,23,25-26H,3-7H2,1-2H3. The number of fused-ring (bicyclic) bond motifs is 1. The molecule has 0 bridgehead atoms. The third-order valence-electron chi connectivity index (χ3n) is 3.90. The SMILES string of the molecule is CCCC=Nc1c(F)c(O)c2c(F)c(NCCCC)c(F)c(F)c2c1O. The number of phenolic OH excluding ortho intramolecular Hbond substituents is 2. The molecule has 8 heteroatoms. The Hall–Kier alpha value is -2.51. The second-order valence-corrected chi connectivity index (χ2v) is 5.81. The molecule has 0 fully saturated rings. The van der Waals surface area contributed by atoms with Crippen LogP contribution in [0.25, 0.3) is 10.8 Å². The first-order valence-corrected chi connectivity index (χ1v) is 8.36. The quantitative estimate of drug-likeness (QED) is 0.197.